The van der Waals surface area contributed by atoms with Crippen LogP contribution in [0.2, 0.25) is 0 Å². The molecule has 0 radical (unpaired) electrons. The molecule has 1 aromatic rings. The predicted octanol–water partition coefficient (Wildman–Crippen LogP) is 2.40. The van der Waals surface area contributed by atoms with Crippen LogP contribution < -0.4 is 0 Å². The molecule has 0 aromatic heterocycles. The minimum absolute atomic E-state index is 0.0660. The van der Waals surface area contributed by atoms with Crippen molar-refractivity contribution in [3.05, 3.63) is 47.5 Å². The molecule has 3 rings (SSSR count). The summed E-state index contributed by atoms with van der Waals surface area (Å²) in [6.45, 7) is 4.24. The highest BCUT2D eigenvalue weighted by Gasteiger charge is 2.36. The molecule has 1 atom stereocenters. The van der Waals surface area contributed by atoms with Crippen molar-refractivity contribution in [1.29, 1.82) is 0 Å². The average molecular weight is 312 g/mol. The molecule has 1 unspecified atom stereocenters. The van der Waals surface area contributed by atoms with Gasteiger partial charge in [0.25, 0.3) is 0 Å². The lowest BCUT2D eigenvalue weighted by Crippen LogP contribution is -2.49. The second-order valence-corrected chi connectivity index (χ2v) is 6.51. The first-order valence-electron chi connectivity index (χ1n) is 8.43. The van der Waals surface area contributed by atoms with E-state index in [1.54, 1.807) is 4.90 Å². The van der Waals surface area contributed by atoms with Gasteiger partial charge in [-0.25, -0.2) is 0 Å². The summed E-state index contributed by atoms with van der Waals surface area (Å²) in [6, 6.07) is 9.49. The molecule has 1 aromatic carbocycles. The lowest BCUT2D eigenvalue weighted by Gasteiger charge is -2.32. The minimum Gasteiger partial charge on any atom is -0.337 e. The molecule has 2 aliphatic heterocycles. The Bertz CT molecular complexity index is 609. The van der Waals surface area contributed by atoms with Crippen molar-refractivity contribution in [3.63, 3.8) is 0 Å². The fraction of sp³-hybridized carbons (Fsp3) is 0.474. The number of amides is 2. The van der Waals surface area contributed by atoms with Gasteiger partial charge >= 0.3 is 0 Å². The van der Waals surface area contributed by atoms with Crippen LogP contribution in [0.1, 0.15) is 31.7 Å². The third-order valence-corrected chi connectivity index (χ3v) is 4.70. The summed E-state index contributed by atoms with van der Waals surface area (Å²) in [4.78, 5) is 29.1. The Morgan fingerprint density at radius 2 is 1.96 bits per heavy atom. The third kappa shape index (κ3) is 3.63. The van der Waals surface area contributed by atoms with E-state index in [0.717, 1.165) is 31.4 Å². The lowest BCUT2D eigenvalue weighted by atomic mass is 10.1. The molecule has 2 amide bonds. The normalized spacial score (nSPS) is 21.3. The molecule has 0 aliphatic carbocycles. The molecule has 4 nitrogen and oxygen atoms in total. The second kappa shape index (κ2) is 6.99. The van der Waals surface area contributed by atoms with Crippen LogP contribution in [0.4, 0.5) is 0 Å². The fourth-order valence-corrected chi connectivity index (χ4v) is 3.50. The van der Waals surface area contributed by atoms with E-state index in [1.807, 2.05) is 35.2 Å². The first-order valence-corrected chi connectivity index (χ1v) is 8.43. The number of nitrogens with zero attached hydrogens (tertiary/aromatic N) is 2. The van der Waals surface area contributed by atoms with Crippen molar-refractivity contribution in [2.45, 2.75) is 38.6 Å². The highest BCUT2D eigenvalue weighted by molar-refractivity contribution is 5.89. The van der Waals surface area contributed by atoms with E-state index in [-0.39, 0.29) is 17.9 Å². The Kier molecular flexibility index (Phi) is 4.79. The summed E-state index contributed by atoms with van der Waals surface area (Å²) in [6.07, 6.45) is 5.20. The van der Waals surface area contributed by atoms with Crippen LogP contribution in [0.15, 0.2) is 42.0 Å². The van der Waals surface area contributed by atoms with Crippen molar-refractivity contribution >= 4 is 11.8 Å². The molecular formula is C19H24N2O2. The Balaban J connectivity index is 1.66. The maximum atomic E-state index is 12.8. The van der Waals surface area contributed by atoms with E-state index >= 15 is 0 Å². The van der Waals surface area contributed by atoms with Gasteiger partial charge in [-0.3, -0.25) is 9.59 Å². The van der Waals surface area contributed by atoms with Gasteiger partial charge in [0.05, 0.1) is 6.42 Å². The van der Waals surface area contributed by atoms with Gasteiger partial charge in [-0.2, -0.15) is 0 Å². The molecule has 4 heteroatoms. The van der Waals surface area contributed by atoms with E-state index in [4.69, 9.17) is 0 Å². The zero-order chi connectivity index (χ0) is 16.2. The van der Waals surface area contributed by atoms with Gasteiger partial charge in [-0.15, -0.1) is 0 Å². The van der Waals surface area contributed by atoms with Crippen LogP contribution in [-0.2, 0) is 16.0 Å². The Labute approximate surface area is 137 Å². The van der Waals surface area contributed by atoms with Crippen molar-refractivity contribution in [3.8, 4) is 0 Å². The lowest BCUT2D eigenvalue weighted by molar-refractivity contribution is -0.143. The number of carbonyl (C=O) groups excluding carboxylic acids is 2. The molecule has 2 heterocycles. The van der Waals surface area contributed by atoms with Crippen molar-refractivity contribution in [1.82, 2.24) is 9.80 Å². The van der Waals surface area contributed by atoms with Crippen molar-refractivity contribution in [2.24, 2.45) is 0 Å². The second-order valence-electron chi connectivity index (χ2n) is 6.51. The van der Waals surface area contributed by atoms with Gasteiger partial charge in [-0.1, -0.05) is 42.0 Å². The van der Waals surface area contributed by atoms with Gasteiger partial charge in [0.1, 0.15) is 6.04 Å². The number of hydrogen-bond donors (Lipinski definition) is 0. The zero-order valence-electron chi connectivity index (χ0n) is 13.7. The maximum Gasteiger partial charge on any atom is 0.245 e. The minimum atomic E-state index is -0.267. The standard InChI is InChI=1S/C19H24N2O2/c1-15-7-5-11-20(14-15)19(23)17-10-6-12-21(17)18(22)13-16-8-3-2-4-9-16/h2-4,7-9,17H,5-6,10-14H2,1H3. The van der Waals surface area contributed by atoms with Crippen molar-refractivity contribution < 1.29 is 9.59 Å². The number of benzene rings is 1. The Morgan fingerprint density at radius 1 is 1.17 bits per heavy atom. The number of carbonyl (C=O) groups is 2. The molecule has 0 N–H and O–H groups in total. The highest BCUT2D eigenvalue weighted by Crippen LogP contribution is 2.22. The summed E-state index contributed by atoms with van der Waals surface area (Å²) in [5.41, 5.74) is 2.25. The van der Waals surface area contributed by atoms with Crippen LogP contribution in [-0.4, -0.2) is 47.3 Å². The summed E-state index contributed by atoms with van der Waals surface area (Å²) < 4.78 is 0. The van der Waals surface area contributed by atoms with Crippen LogP contribution in [0, 0.1) is 0 Å². The van der Waals surface area contributed by atoms with Crippen LogP contribution in [0.5, 0.6) is 0 Å². The molecule has 23 heavy (non-hydrogen) atoms. The highest BCUT2D eigenvalue weighted by atomic mass is 16.2. The van der Waals surface area contributed by atoms with Crippen LogP contribution >= 0.6 is 0 Å². The summed E-state index contributed by atoms with van der Waals surface area (Å²) in [5, 5.41) is 0. The van der Waals surface area contributed by atoms with Crippen molar-refractivity contribution in [2.75, 3.05) is 19.6 Å². The van der Waals surface area contributed by atoms with Gasteiger partial charge < -0.3 is 9.80 Å². The van der Waals surface area contributed by atoms with E-state index in [1.165, 1.54) is 5.57 Å². The van der Waals surface area contributed by atoms with Gasteiger partial charge in [0.15, 0.2) is 0 Å². The van der Waals surface area contributed by atoms with Crippen LogP contribution in [0.25, 0.3) is 0 Å². The molecule has 1 saturated heterocycles. The predicted molar refractivity (Wildman–Crippen MR) is 89.8 cm³/mol. The summed E-state index contributed by atoms with van der Waals surface area (Å²) >= 11 is 0. The summed E-state index contributed by atoms with van der Waals surface area (Å²) in [5.74, 6) is 0.188. The largest absolute Gasteiger partial charge is 0.337 e. The topological polar surface area (TPSA) is 40.6 Å². The molecule has 0 bridgehead atoms. The third-order valence-electron chi connectivity index (χ3n) is 4.70. The fourth-order valence-electron chi connectivity index (χ4n) is 3.50. The van der Waals surface area contributed by atoms with E-state index in [0.29, 0.717) is 19.5 Å². The first-order chi connectivity index (χ1) is 11.1. The van der Waals surface area contributed by atoms with E-state index in [9.17, 15) is 9.59 Å². The molecule has 1 fully saturated rings. The van der Waals surface area contributed by atoms with E-state index in [2.05, 4.69) is 13.0 Å². The Hall–Kier alpha value is -2.10. The molecular weight excluding hydrogens is 288 g/mol. The molecule has 2 aliphatic rings. The first kappa shape index (κ1) is 15.8. The number of rotatable bonds is 3. The molecule has 122 valence electrons. The average Bonchev–Trinajstić information content (AvgIpc) is 3.05. The van der Waals surface area contributed by atoms with Gasteiger partial charge in [0.2, 0.25) is 11.8 Å². The number of hydrogen-bond acceptors (Lipinski definition) is 2. The molecule has 0 saturated carbocycles. The Morgan fingerprint density at radius 3 is 2.70 bits per heavy atom. The van der Waals surface area contributed by atoms with Crippen LogP contribution in [0.3, 0.4) is 0 Å². The quantitative estimate of drug-likeness (QED) is 0.804. The zero-order valence-corrected chi connectivity index (χ0v) is 13.7. The van der Waals surface area contributed by atoms with Gasteiger partial charge in [0, 0.05) is 19.6 Å². The van der Waals surface area contributed by atoms with Gasteiger partial charge in [-0.05, 0) is 31.7 Å². The summed E-state index contributed by atoms with van der Waals surface area (Å²) in [7, 11) is 0. The maximum absolute atomic E-state index is 12.8. The number of likely N-dealkylation sites (tertiary alicyclic amines) is 1. The van der Waals surface area contributed by atoms with E-state index < -0.39 is 0 Å². The SMILES string of the molecule is CC1=CCCN(C(=O)C2CCCN2C(=O)Cc2ccccc2)C1. The molecule has 0 spiro atoms. The monoisotopic (exact) mass is 312 g/mol. The smallest absolute Gasteiger partial charge is 0.245 e.